The van der Waals surface area contributed by atoms with Gasteiger partial charge in [0.25, 0.3) is 0 Å². The van der Waals surface area contributed by atoms with E-state index >= 15 is 0 Å². The number of ether oxygens (including phenoxy) is 3. The molecule has 0 saturated carbocycles. The average molecular weight is 674 g/mol. The van der Waals surface area contributed by atoms with Crippen LogP contribution in [0.1, 0.15) is 30.5 Å². The third-order valence-corrected chi connectivity index (χ3v) is 9.70. The number of nitrogens with zero attached hydrogens (tertiary/aromatic N) is 3. The summed E-state index contributed by atoms with van der Waals surface area (Å²) in [5, 5.41) is 2.83. The number of rotatable bonds is 2. The lowest BCUT2D eigenvalue weighted by Gasteiger charge is -2.28. The number of aromatic nitrogens is 2. The van der Waals surface area contributed by atoms with Gasteiger partial charge >= 0.3 is 0 Å². The van der Waals surface area contributed by atoms with E-state index in [1.807, 2.05) is 17.5 Å². The first kappa shape index (κ1) is 31.5. The highest BCUT2D eigenvalue weighted by atomic mass is 32.1. The molecule has 0 N–H and O–H groups in total. The summed E-state index contributed by atoms with van der Waals surface area (Å²) in [5.41, 5.74) is 5.93. The van der Waals surface area contributed by atoms with Crippen LogP contribution in [0.2, 0.25) is 0 Å². The normalized spacial score (nSPS) is 15.5. The molecule has 2 aliphatic heterocycles. The first-order valence-electron chi connectivity index (χ1n) is 15.7. The van der Waals surface area contributed by atoms with Gasteiger partial charge in [-0.05, 0) is 66.6 Å². The second-order valence-electron chi connectivity index (χ2n) is 11.6. The summed E-state index contributed by atoms with van der Waals surface area (Å²) in [5.74, 6) is 0.0697. The molecule has 2 bridgehead atoms. The molecule has 0 atom stereocenters. The van der Waals surface area contributed by atoms with Crippen LogP contribution in [0.5, 0.6) is 11.5 Å². The number of carbonyl (C=O) groups excluding carboxylic acids is 1. The molecule has 0 spiro atoms. The van der Waals surface area contributed by atoms with Crippen molar-refractivity contribution < 1.29 is 27.8 Å². The molecule has 2 aliphatic rings. The van der Waals surface area contributed by atoms with Crippen molar-refractivity contribution in [3.63, 3.8) is 0 Å². The number of fused-ring (bicyclic) bond motifs is 5. The summed E-state index contributed by atoms with van der Waals surface area (Å²) >= 11 is 5.73. The molecule has 7 nitrogen and oxygen atoms in total. The van der Waals surface area contributed by atoms with E-state index in [1.54, 1.807) is 23.2 Å². The van der Waals surface area contributed by atoms with Crippen molar-refractivity contribution >= 4 is 40.0 Å². The topological polar surface area (TPSA) is 73.8 Å². The van der Waals surface area contributed by atoms with Gasteiger partial charge in [0.1, 0.15) is 29.7 Å². The van der Waals surface area contributed by atoms with Crippen LogP contribution in [0.15, 0.2) is 60.1 Å². The minimum atomic E-state index is -0.419. The lowest BCUT2D eigenvalue weighted by Crippen LogP contribution is -2.37. The Kier molecular flexibility index (Phi) is 9.37. The maximum atomic E-state index is 14.7. The van der Waals surface area contributed by atoms with E-state index in [9.17, 15) is 13.6 Å². The van der Waals surface area contributed by atoms with Crippen LogP contribution in [-0.4, -0.2) is 59.5 Å². The highest BCUT2D eigenvalue weighted by Gasteiger charge is 2.26. The average Bonchev–Trinajstić information content (AvgIpc) is 3.58. The predicted molar refractivity (Wildman–Crippen MR) is 182 cm³/mol. The summed E-state index contributed by atoms with van der Waals surface area (Å²) in [6.07, 6.45) is 4.95. The smallest absolute Gasteiger partial charge is 0.232 e. The first-order chi connectivity index (χ1) is 23.0. The molecule has 0 radical (unpaired) electrons. The first-order valence-corrected chi connectivity index (χ1v) is 17.2. The molecule has 11 heteroatoms. The molecule has 0 fully saturated rings. The minimum Gasteiger partial charge on any atom is -0.493 e. The molecule has 5 aromatic rings. The van der Waals surface area contributed by atoms with Crippen molar-refractivity contribution in [2.75, 3.05) is 38.7 Å². The molecule has 1 amide bonds. The number of thiophene rings is 1. The van der Waals surface area contributed by atoms with Gasteiger partial charge in [-0.2, -0.15) is 12.6 Å². The Labute approximate surface area is 280 Å². The Hall–Kier alpha value is -4.06. The van der Waals surface area contributed by atoms with Crippen LogP contribution in [0.3, 0.4) is 0 Å². The van der Waals surface area contributed by atoms with E-state index < -0.39 is 11.6 Å². The van der Waals surface area contributed by atoms with Crippen LogP contribution in [0, 0.1) is 11.6 Å². The third kappa shape index (κ3) is 6.57. The Bertz CT molecular complexity index is 1950. The van der Waals surface area contributed by atoms with Gasteiger partial charge in [0.15, 0.2) is 0 Å². The summed E-state index contributed by atoms with van der Waals surface area (Å²) in [7, 11) is 0. The van der Waals surface area contributed by atoms with E-state index in [0.717, 1.165) is 51.7 Å². The maximum Gasteiger partial charge on any atom is 0.232 e. The molecule has 5 heterocycles. The Morgan fingerprint density at radius 3 is 2.49 bits per heavy atom. The molecule has 3 aromatic heterocycles. The van der Waals surface area contributed by atoms with Crippen molar-refractivity contribution in [3.8, 4) is 45.1 Å². The zero-order chi connectivity index (χ0) is 32.3. The van der Waals surface area contributed by atoms with Crippen LogP contribution >= 0.6 is 24.0 Å². The van der Waals surface area contributed by atoms with Crippen molar-refractivity contribution in [1.82, 2.24) is 14.9 Å². The maximum absolute atomic E-state index is 14.7. The molecule has 0 saturated heterocycles. The fraction of sp³-hybridized carbons (Fsp3) is 0.306. The van der Waals surface area contributed by atoms with Crippen molar-refractivity contribution in [2.45, 2.75) is 32.2 Å². The highest BCUT2D eigenvalue weighted by Crippen LogP contribution is 2.47. The van der Waals surface area contributed by atoms with Gasteiger partial charge in [0.05, 0.1) is 30.4 Å². The Balaban J connectivity index is 1.47. The SMILES string of the molecule is O=C(CS)N1CCc2ncc(-c3nc4c5ccsc5c3-c3ccc(F)cc3OCCOCCCCCOc3cc(F)ccc3-4)cc2C1. The molecule has 242 valence electrons. The minimum absolute atomic E-state index is 0.0360. The van der Waals surface area contributed by atoms with Crippen molar-refractivity contribution in [3.05, 3.63) is 83.0 Å². The highest BCUT2D eigenvalue weighted by molar-refractivity contribution is 7.81. The second-order valence-corrected chi connectivity index (χ2v) is 12.8. The van der Waals surface area contributed by atoms with Gasteiger partial charge < -0.3 is 19.1 Å². The summed E-state index contributed by atoms with van der Waals surface area (Å²) in [4.78, 5) is 24.5. The molecule has 0 aliphatic carbocycles. The fourth-order valence-electron chi connectivity index (χ4n) is 6.17. The molecule has 47 heavy (non-hydrogen) atoms. The van der Waals surface area contributed by atoms with Crippen LogP contribution in [0.25, 0.3) is 43.7 Å². The van der Waals surface area contributed by atoms with Gasteiger partial charge in [-0.15, -0.1) is 11.3 Å². The quantitative estimate of drug-likeness (QED) is 0.193. The van der Waals surface area contributed by atoms with E-state index in [1.165, 1.54) is 35.6 Å². The van der Waals surface area contributed by atoms with E-state index in [-0.39, 0.29) is 18.3 Å². The summed E-state index contributed by atoms with van der Waals surface area (Å²) in [6, 6.07) is 13.1. The van der Waals surface area contributed by atoms with Crippen LogP contribution < -0.4 is 9.47 Å². The lowest BCUT2D eigenvalue weighted by atomic mass is 9.94. The molecule has 2 aromatic carbocycles. The second kappa shape index (κ2) is 14.0. The summed E-state index contributed by atoms with van der Waals surface area (Å²) < 4.78 is 48.4. The standard InChI is InChI=1S/C36H33F2N3O4S2/c37-24-4-6-26-30(17-24)45-14-13-43-11-2-1-3-12-44-31-18-25(38)5-7-27(31)35-28-9-15-47-36(28)33(26)34(40-35)22-16-23-20-41(32(42)21-46)10-8-29(23)39-19-22/h4-7,9,15-19,46H,1-3,8,10-14,20-21H2. The fourth-order valence-corrected chi connectivity index (χ4v) is 7.32. The molecule has 0 unspecified atom stereocenters. The number of hydrogen-bond donors (Lipinski definition) is 1. The number of hydrogen-bond acceptors (Lipinski definition) is 8. The van der Waals surface area contributed by atoms with Gasteiger partial charge in [0, 0.05) is 82.5 Å². The Morgan fingerprint density at radius 2 is 1.66 bits per heavy atom. The zero-order valence-electron chi connectivity index (χ0n) is 25.6. The van der Waals surface area contributed by atoms with E-state index in [2.05, 4.69) is 12.6 Å². The number of pyridine rings is 2. The number of benzene rings is 2. The molecular weight excluding hydrogens is 641 g/mol. The lowest BCUT2D eigenvalue weighted by molar-refractivity contribution is -0.129. The van der Waals surface area contributed by atoms with Crippen LogP contribution in [0.4, 0.5) is 8.78 Å². The van der Waals surface area contributed by atoms with Gasteiger partial charge in [-0.3, -0.25) is 9.78 Å². The van der Waals surface area contributed by atoms with Gasteiger partial charge in [-0.25, -0.2) is 13.8 Å². The van der Waals surface area contributed by atoms with E-state index in [4.69, 9.17) is 24.2 Å². The van der Waals surface area contributed by atoms with Gasteiger partial charge in [-0.1, -0.05) is 0 Å². The number of thiol groups is 1. The number of carbonyl (C=O) groups is 1. The zero-order valence-corrected chi connectivity index (χ0v) is 27.3. The Morgan fingerprint density at radius 1 is 0.894 bits per heavy atom. The molecule has 7 rings (SSSR count). The van der Waals surface area contributed by atoms with E-state index in [0.29, 0.717) is 73.3 Å². The third-order valence-electron chi connectivity index (χ3n) is 8.50. The summed E-state index contributed by atoms with van der Waals surface area (Å²) in [6.45, 7) is 2.60. The monoisotopic (exact) mass is 673 g/mol. The van der Waals surface area contributed by atoms with Gasteiger partial charge in [0.2, 0.25) is 5.91 Å². The van der Waals surface area contributed by atoms with Crippen molar-refractivity contribution in [1.29, 1.82) is 0 Å². The number of halogens is 2. The largest absolute Gasteiger partial charge is 0.493 e. The van der Waals surface area contributed by atoms with Crippen LogP contribution in [-0.2, 0) is 22.5 Å². The van der Waals surface area contributed by atoms with Crippen molar-refractivity contribution in [2.24, 2.45) is 0 Å². The number of amides is 1. The predicted octanol–water partition coefficient (Wildman–Crippen LogP) is 7.74. The molecular formula is C36H33F2N3O4S2.